The molecule has 0 saturated carbocycles. The fourth-order valence-electron chi connectivity index (χ4n) is 1.09. The van der Waals surface area contributed by atoms with E-state index in [-0.39, 0.29) is 6.54 Å². The zero-order chi connectivity index (χ0) is 12.4. The van der Waals surface area contributed by atoms with Crippen molar-refractivity contribution < 1.29 is 19.8 Å². The second kappa shape index (κ2) is 8.96. The van der Waals surface area contributed by atoms with Gasteiger partial charge in [-0.2, -0.15) is 0 Å². The SMILES string of the molecule is CCCCCCNC(=O)NC[C@H](O)C(=O)O. The molecule has 0 bridgehead atoms. The van der Waals surface area contributed by atoms with E-state index < -0.39 is 18.1 Å². The van der Waals surface area contributed by atoms with E-state index in [4.69, 9.17) is 10.2 Å². The fraction of sp³-hybridized carbons (Fsp3) is 0.800. The van der Waals surface area contributed by atoms with Crippen LogP contribution in [0.15, 0.2) is 0 Å². The van der Waals surface area contributed by atoms with Crippen molar-refractivity contribution in [1.82, 2.24) is 10.6 Å². The maximum absolute atomic E-state index is 11.1. The molecule has 0 aliphatic carbocycles. The summed E-state index contributed by atoms with van der Waals surface area (Å²) in [5.74, 6) is -1.34. The maximum Gasteiger partial charge on any atom is 0.334 e. The summed E-state index contributed by atoms with van der Waals surface area (Å²) in [5.41, 5.74) is 0. The third-order valence-corrected chi connectivity index (χ3v) is 2.06. The number of carboxylic acid groups (broad SMARTS) is 1. The van der Waals surface area contributed by atoms with E-state index in [0.717, 1.165) is 25.7 Å². The average Bonchev–Trinajstić information content (AvgIpc) is 2.25. The Morgan fingerprint density at radius 1 is 1.19 bits per heavy atom. The van der Waals surface area contributed by atoms with Crippen molar-refractivity contribution in [2.75, 3.05) is 13.1 Å². The molecule has 6 nitrogen and oxygen atoms in total. The highest BCUT2D eigenvalue weighted by atomic mass is 16.4. The molecule has 0 aliphatic rings. The molecule has 0 aromatic carbocycles. The van der Waals surface area contributed by atoms with Crippen molar-refractivity contribution in [3.05, 3.63) is 0 Å². The number of carboxylic acids is 1. The number of aliphatic carboxylic acids is 1. The van der Waals surface area contributed by atoms with Crippen molar-refractivity contribution in [2.45, 2.75) is 38.7 Å². The van der Waals surface area contributed by atoms with Gasteiger partial charge in [-0.25, -0.2) is 9.59 Å². The lowest BCUT2D eigenvalue weighted by atomic mass is 10.2. The largest absolute Gasteiger partial charge is 0.479 e. The molecule has 6 heteroatoms. The molecule has 4 N–H and O–H groups in total. The summed E-state index contributed by atoms with van der Waals surface area (Å²) in [6, 6.07) is -0.447. The Morgan fingerprint density at radius 3 is 2.44 bits per heavy atom. The first-order valence-corrected chi connectivity index (χ1v) is 5.50. The van der Waals surface area contributed by atoms with Gasteiger partial charge in [0.1, 0.15) is 0 Å². The molecule has 2 amide bonds. The predicted octanol–water partition coefficient (Wildman–Crippen LogP) is 0.311. The van der Waals surface area contributed by atoms with Crippen LogP contribution in [0.5, 0.6) is 0 Å². The molecule has 0 aliphatic heterocycles. The highest BCUT2D eigenvalue weighted by Gasteiger charge is 2.13. The Labute approximate surface area is 95.0 Å². The van der Waals surface area contributed by atoms with Crippen molar-refractivity contribution in [2.24, 2.45) is 0 Å². The summed E-state index contributed by atoms with van der Waals surface area (Å²) >= 11 is 0. The summed E-state index contributed by atoms with van der Waals surface area (Å²) in [5, 5.41) is 22.1. The van der Waals surface area contributed by atoms with Crippen LogP contribution in [-0.2, 0) is 4.79 Å². The number of nitrogens with one attached hydrogen (secondary N) is 2. The number of carbonyl (C=O) groups excluding carboxylic acids is 1. The number of rotatable bonds is 8. The highest BCUT2D eigenvalue weighted by Crippen LogP contribution is 1.96. The van der Waals surface area contributed by atoms with Crippen LogP contribution in [0, 0.1) is 0 Å². The first kappa shape index (κ1) is 14.7. The van der Waals surface area contributed by atoms with Crippen LogP contribution < -0.4 is 10.6 Å². The van der Waals surface area contributed by atoms with E-state index in [0.29, 0.717) is 6.54 Å². The zero-order valence-electron chi connectivity index (χ0n) is 9.53. The topological polar surface area (TPSA) is 98.7 Å². The average molecular weight is 232 g/mol. The van der Waals surface area contributed by atoms with Gasteiger partial charge in [0.15, 0.2) is 6.10 Å². The maximum atomic E-state index is 11.1. The Morgan fingerprint density at radius 2 is 1.88 bits per heavy atom. The Hall–Kier alpha value is -1.30. The number of urea groups is 1. The minimum atomic E-state index is -1.55. The molecule has 0 unspecified atom stereocenters. The Kier molecular flexibility index (Phi) is 8.24. The highest BCUT2D eigenvalue weighted by molar-refractivity contribution is 5.76. The molecular formula is C10H20N2O4. The van der Waals surface area contributed by atoms with Crippen LogP contribution in [-0.4, -0.2) is 41.4 Å². The summed E-state index contributed by atoms with van der Waals surface area (Å²) < 4.78 is 0. The fourth-order valence-corrected chi connectivity index (χ4v) is 1.09. The molecule has 0 fully saturated rings. The normalized spacial score (nSPS) is 11.9. The summed E-state index contributed by atoms with van der Waals surface area (Å²) in [6.45, 7) is 2.39. The number of hydrogen-bond donors (Lipinski definition) is 4. The summed E-state index contributed by atoms with van der Waals surface area (Å²) in [6.07, 6.45) is 2.70. The number of carbonyl (C=O) groups is 2. The van der Waals surface area contributed by atoms with Gasteiger partial charge in [-0.05, 0) is 6.42 Å². The van der Waals surface area contributed by atoms with E-state index in [1.165, 1.54) is 0 Å². The van der Waals surface area contributed by atoms with Gasteiger partial charge >= 0.3 is 12.0 Å². The predicted molar refractivity (Wildman–Crippen MR) is 59.2 cm³/mol. The van der Waals surface area contributed by atoms with Gasteiger partial charge < -0.3 is 20.8 Å². The number of aliphatic hydroxyl groups is 1. The first-order valence-electron chi connectivity index (χ1n) is 5.50. The van der Waals surface area contributed by atoms with Gasteiger partial charge in [-0.1, -0.05) is 26.2 Å². The van der Waals surface area contributed by atoms with E-state index >= 15 is 0 Å². The van der Waals surface area contributed by atoms with Gasteiger partial charge in [0.25, 0.3) is 0 Å². The van der Waals surface area contributed by atoms with Gasteiger partial charge in [-0.3, -0.25) is 0 Å². The smallest absolute Gasteiger partial charge is 0.334 e. The minimum Gasteiger partial charge on any atom is -0.479 e. The number of hydrogen-bond acceptors (Lipinski definition) is 3. The number of unbranched alkanes of at least 4 members (excludes halogenated alkanes) is 3. The van der Waals surface area contributed by atoms with Crippen LogP contribution >= 0.6 is 0 Å². The molecule has 0 heterocycles. The molecule has 0 saturated heterocycles. The molecule has 0 aromatic heterocycles. The lowest BCUT2D eigenvalue weighted by Gasteiger charge is -2.09. The monoisotopic (exact) mass is 232 g/mol. The van der Waals surface area contributed by atoms with E-state index in [1.807, 2.05) is 0 Å². The molecule has 94 valence electrons. The molecule has 0 spiro atoms. The van der Waals surface area contributed by atoms with Crippen LogP contribution in [0.1, 0.15) is 32.6 Å². The van der Waals surface area contributed by atoms with Crippen molar-refractivity contribution in [3.63, 3.8) is 0 Å². The van der Waals surface area contributed by atoms with Gasteiger partial charge in [0.2, 0.25) is 0 Å². The van der Waals surface area contributed by atoms with E-state index in [1.54, 1.807) is 0 Å². The first-order chi connectivity index (χ1) is 7.57. The second-order valence-electron chi connectivity index (χ2n) is 3.55. The molecule has 0 rings (SSSR count). The third kappa shape index (κ3) is 8.05. The quantitative estimate of drug-likeness (QED) is 0.453. The molecule has 0 aromatic rings. The lowest BCUT2D eigenvalue weighted by molar-refractivity contribution is -0.146. The van der Waals surface area contributed by atoms with Crippen molar-refractivity contribution in [1.29, 1.82) is 0 Å². The molecular weight excluding hydrogens is 212 g/mol. The van der Waals surface area contributed by atoms with Crippen LogP contribution in [0.25, 0.3) is 0 Å². The molecule has 0 radical (unpaired) electrons. The van der Waals surface area contributed by atoms with Crippen LogP contribution in [0.4, 0.5) is 4.79 Å². The van der Waals surface area contributed by atoms with Gasteiger partial charge in [-0.15, -0.1) is 0 Å². The minimum absolute atomic E-state index is 0.282. The standard InChI is InChI=1S/C10H20N2O4/c1-2-3-4-5-6-11-10(16)12-7-8(13)9(14)15/h8,13H,2-7H2,1H3,(H,14,15)(H2,11,12,16)/t8-/m0/s1. The second-order valence-corrected chi connectivity index (χ2v) is 3.55. The summed E-state index contributed by atoms with van der Waals surface area (Å²) in [4.78, 5) is 21.3. The Bertz CT molecular complexity index is 221. The van der Waals surface area contributed by atoms with Gasteiger partial charge in [0, 0.05) is 6.54 Å². The number of amides is 2. The molecule has 1 atom stereocenters. The van der Waals surface area contributed by atoms with E-state index in [9.17, 15) is 9.59 Å². The van der Waals surface area contributed by atoms with Crippen molar-refractivity contribution >= 4 is 12.0 Å². The number of aliphatic hydroxyl groups excluding tert-OH is 1. The van der Waals surface area contributed by atoms with Gasteiger partial charge in [0.05, 0.1) is 6.54 Å². The van der Waals surface area contributed by atoms with Crippen LogP contribution in [0.3, 0.4) is 0 Å². The molecule has 16 heavy (non-hydrogen) atoms. The zero-order valence-corrected chi connectivity index (χ0v) is 9.53. The Balaban J connectivity index is 3.41. The van der Waals surface area contributed by atoms with Crippen molar-refractivity contribution in [3.8, 4) is 0 Å². The third-order valence-electron chi connectivity index (χ3n) is 2.06. The van der Waals surface area contributed by atoms with E-state index in [2.05, 4.69) is 17.6 Å². The summed E-state index contributed by atoms with van der Waals surface area (Å²) in [7, 11) is 0. The lowest BCUT2D eigenvalue weighted by Crippen LogP contribution is -2.42. The van der Waals surface area contributed by atoms with Crippen LogP contribution in [0.2, 0.25) is 0 Å².